The Labute approximate surface area is 424 Å². The zero-order chi connectivity index (χ0) is 49.2. The first-order valence-electron chi connectivity index (χ1n) is 29.8. The maximum absolute atomic E-state index is 12.9. The van der Waals surface area contributed by atoms with Crippen molar-refractivity contribution in [1.29, 1.82) is 0 Å². The van der Waals surface area contributed by atoms with Gasteiger partial charge < -0.3 is 14.2 Å². The number of hydrogen-bond acceptors (Lipinski definition) is 5. The van der Waals surface area contributed by atoms with E-state index < -0.39 is 6.10 Å². The van der Waals surface area contributed by atoms with Crippen LogP contribution in [0.15, 0.2) is 60.8 Å². The van der Waals surface area contributed by atoms with Crippen molar-refractivity contribution in [3.63, 3.8) is 0 Å². The van der Waals surface area contributed by atoms with Crippen LogP contribution in [0.25, 0.3) is 0 Å². The van der Waals surface area contributed by atoms with E-state index in [1.165, 1.54) is 212 Å². The van der Waals surface area contributed by atoms with Crippen LogP contribution < -0.4 is 0 Å². The number of carbonyl (C=O) groups excluding carboxylic acids is 2. The largest absolute Gasteiger partial charge is 0.462 e. The third kappa shape index (κ3) is 56.2. The van der Waals surface area contributed by atoms with Crippen molar-refractivity contribution >= 4 is 11.9 Å². The standard InChI is InChI=1S/C63H114O5/c1-4-7-10-13-16-19-22-25-28-30-32-34-36-38-41-44-47-50-53-56-62(64)67-60-61(59-66-58-55-52-49-46-43-40-27-24-21-18-15-12-9-6-3)68-63(65)57-54-51-48-45-42-39-37-35-33-31-29-26-23-20-17-14-11-8-5-2/h16-17,19-21,24-26,28-29,61H,4-15,18,22-23,27,30-60H2,1-3H3/b19-16-,20-17-,24-21-,28-25-,29-26-. The van der Waals surface area contributed by atoms with Crippen molar-refractivity contribution in [1.82, 2.24) is 0 Å². The first-order valence-corrected chi connectivity index (χ1v) is 29.8. The van der Waals surface area contributed by atoms with Crippen molar-refractivity contribution in [2.75, 3.05) is 19.8 Å². The van der Waals surface area contributed by atoms with E-state index >= 15 is 0 Å². The predicted molar refractivity (Wildman–Crippen MR) is 298 cm³/mol. The summed E-state index contributed by atoms with van der Waals surface area (Å²) in [6.07, 6.45) is 75.2. The Bertz CT molecular complexity index is 1170. The van der Waals surface area contributed by atoms with Crippen molar-refractivity contribution < 1.29 is 23.8 Å². The number of allylic oxidation sites excluding steroid dienone is 10. The lowest BCUT2D eigenvalue weighted by Crippen LogP contribution is -2.30. The Hall–Kier alpha value is -2.40. The first kappa shape index (κ1) is 65.6. The van der Waals surface area contributed by atoms with Gasteiger partial charge in [-0.15, -0.1) is 0 Å². The highest BCUT2D eigenvalue weighted by Gasteiger charge is 2.17. The SMILES string of the molecule is CCCCC/C=C\C/C=C\CCCCCCCCCCCC(=O)OCC(COCCCCCCCC/C=C\CCCCCC)OC(=O)CCCCCCCCCCC/C=C\C/C=C\CCCCC. The van der Waals surface area contributed by atoms with Crippen LogP contribution in [-0.4, -0.2) is 37.9 Å². The number of rotatable bonds is 55. The van der Waals surface area contributed by atoms with E-state index in [9.17, 15) is 9.59 Å². The van der Waals surface area contributed by atoms with Crippen LogP contribution in [0.2, 0.25) is 0 Å². The Morgan fingerprint density at radius 3 is 1.01 bits per heavy atom. The summed E-state index contributed by atoms with van der Waals surface area (Å²) in [7, 11) is 0. The molecule has 5 heteroatoms. The Morgan fingerprint density at radius 2 is 0.618 bits per heavy atom. The van der Waals surface area contributed by atoms with Gasteiger partial charge in [-0.1, -0.05) is 242 Å². The fourth-order valence-corrected chi connectivity index (χ4v) is 8.51. The van der Waals surface area contributed by atoms with Gasteiger partial charge >= 0.3 is 11.9 Å². The second-order valence-electron chi connectivity index (χ2n) is 19.9. The molecule has 0 spiro atoms. The van der Waals surface area contributed by atoms with Crippen LogP contribution >= 0.6 is 0 Å². The molecule has 0 aromatic rings. The molecule has 0 aliphatic heterocycles. The summed E-state index contributed by atoms with van der Waals surface area (Å²) >= 11 is 0. The molecule has 1 atom stereocenters. The molecule has 0 aromatic carbocycles. The van der Waals surface area contributed by atoms with Crippen LogP contribution in [0.3, 0.4) is 0 Å². The average Bonchev–Trinajstić information content (AvgIpc) is 3.34. The van der Waals surface area contributed by atoms with Gasteiger partial charge in [0.05, 0.1) is 6.61 Å². The van der Waals surface area contributed by atoms with E-state index in [4.69, 9.17) is 14.2 Å². The van der Waals surface area contributed by atoms with E-state index in [2.05, 4.69) is 81.5 Å². The Balaban J connectivity index is 4.26. The normalized spacial score (nSPS) is 12.6. The zero-order valence-electron chi connectivity index (χ0n) is 45.6. The van der Waals surface area contributed by atoms with E-state index in [1.54, 1.807) is 0 Å². The molecular weight excluding hydrogens is 837 g/mol. The number of hydrogen-bond donors (Lipinski definition) is 0. The molecular formula is C63H114O5. The average molecular weight is 952 g/mol. The topological polar surface area (TPSA) is 61.8 Å². The summed E-state index contributed by atoms with van der Waals surface area (Å²) in [5.74, 6) is -0.398. The van der Waals surface area contributed by atoms with Gasteiger partial charge in [-0.05, 0) is 109 Å². The molecule has 5 nitrogen and oxygen atoms in total. The van der Waals surface area contributed by atoms with Crippen LogP contribution in [0, 0.1) is 0 Å². The summed E-state index contributed by atoms with van der Waals surface area (Å²) in [5.41, 5.74) is 0. The lowest BCUT2D eigenvalue weighted by molar-refractivity contribution is -0.163. The van der Waals surface area contributed by atoms with Gasteiger partial charge in [0.1, 0.15) is 6.61 Å². The molecule has 0 rings (SSSR count). The van der Waals surface area contributed by atoms with Gasteiger partial charge in [0, 0.05) is 19.4 Å². The summed E-state index contributed by atoms with van der Waals surface area (Å²) in [6.45, 7) is 7.79. The summed E-state index contributed by atoms with van der Waals surface area (Å²) in [6, 6.07) is 0. The molecule has 0 amide bonds. The van der Waals surface area contributed by atoms with Crippen LogP contribution in [0.4, 0.5) is 0 Å². The Kier molecular flexibility index (Phi) is 56.8. The molecule has 0 aromatic heterocycles. The maximum atomic E-state index is 12.9. The van der Waals surface area contributed by atoms with E-state index in [0.29, 0.717) is 19.4 Å². The molecule has 1 unspecified atom stereocenters. The molecule has 0 saturated carbocycles. The molecule has 68 heavy (non-hydrogen) atoms. The maximum Gasteiger partial charge on any atom is 0.306 e. The second kappa shape index (κ2) is 58.9. The van der Waals surface area contributed by atoms with Gasteiger partial charge in [0.25, 0.3) is 0 Å². The van der Waals surface area contributed by atoms with Crippen molar-refractivity contribution in [3.8, 4) is 0 Å². The van der Waals surface area contributed by atoms with E-state index in [0.717, 1.165) is 57.8 Å². The molecule has 0 bridgehead atoms. The van der Waals surface area contributed by atoms with Gasteiger partial charge in [-0.25, -0.2) is 0 Å². The molecule has 0 aliphatic rings. The highest BCUT2D eigenvalue weighted by Crippen LogP contribution is 2.15. The smallest absolute Gasteiger partial charge is 0.306 e. The Morgan fingerprint density at radius 1 is 0.324 bits per heavy atom. The molecule has 0 saturated heterocycles. The quantitative estimate of drug-likeness (QED) is 0.0345. The number of unbranched alkanes of at least 4 members (excludes halogenated alkanes) is 34. The fraction of sp³-hybridized carbons (Fsp3) is 0.810. The minimum atomic E-state index is -0.544. The van der Waals surface area contributed by atoms with Crippen LogP contribution in [0.5, 0.6) is 0 Å². The number of carbonyl (C=O) groups is 2. The molecule has 0 aliphatic carbocycles. The van der Waals surface area contributed by atoms with Crippen molar-refractivity contribution in [2.24, 2.45) is 0 Å². The lowest BCUT2D eigenvalue weighted by Gasteiger charge is -2.18. The number of esters is 2. The van der Waals surface area contributed by atoms with E-state index in [-0.39, 0.29) is 25.2 Å². The second-order valence-corrected chi connectivity index (χ2v) is 19.9. The third-order valence-electron chi connectivity index (χ3n) is 13.0. The van der Waals surface area contributed by atoms with Crippen molar-refractivity contribution in [2.45, 2.75) is 309 Å². The molecule has 0 heterocycles. The monoisotopic (exact) mass is 951 g/mol. The highest BCUT2D eigenvalue weighted by molar-refractivity contribution is 5.70. The first-order chi connectivity index (χ1) is 33.6. The van der Waals surface area contributed by atoms with Gasteiger partial charge in [0.2, 0.25) is 0 Å². The summed E-state index contributed by atoms with van der Waals surface area (Å²) in [5, 5.41) is 0. The van der Waals surface area contributed by atoms with Crippen molar-refractivity contribution in [3.05, 3.63) is 60.8 Å². The number of ether oxygens (including phenoxy) is 3. The van der Waals surface area contributed by atoms with Crippen LogP contribution in [0.1, 0.15) is 303 Å². The van der Waals surface area contributed by atoms with Gasteiger partial charge in [-0.3, -0.25) is 9.59 Å². The van der Waals surface area contributed by atoms with Crippen LogP contribution in [-0.2, 0) is 23.8 Å². The minimum Gasteiger partial charge on any atom is -0.462 e. The zero-order valence-corrected chi connectivity index (χ0v) is 45.6. The summed E-state index contributed by atoms with van der Waals surface area (Å²) < 4.78 is 17.5. The lowest BCUT2D eigenvalue weighted by atomic mass is 10.1. The molecule has 396 valence electrons. The molecule has 0 N–H and O–H groups in total. The molecule has 0 radical (unpaired) electrons. The minimum absolute atomic E-state index is 0.0799. The third-order valence-corrected chi connectivity index (χ3v) is 13.0. The predicted octanol–water partition coefficient (Wildman–Crippen LogP) is 20.5. The summed E-state index contributed by atoms with van der Waals surface area (Å²) in [4.78, 5) is 25.6. The van der Waals surface area contributed by atoms with Gasteiger partial charge in [-0.2, -0.15) is 0 Å². The van der Waals surface area contributed by atoms with E-state index in [1.807, 2.05) is 0 Å². The molecule has 0 fully saturated rings. The fourth-order valence-electron chi connectivity index (χ4n) is 8.51. The van der Waals surface area contributed by atoms with Gasteiger partial charge in [0.15, 0.2) is 6.10 Å². The highest BCUT2D eigenvalue weighted by atomic mass is 16.6.